The molecule has 1 amide bonds. The zero-order valence-corrected chi connectivity index (χ0v) is 18.6. The molecule has 8 nitrogen and oxygen atoms in total. The van der Waals surface area contributed by atoms with Crippen LogP contribution in [-0.4, -0.2) is 34.9 Å². The molecule has 0 spiro atoms. The SMILES string of the molecule is Cc1ccc(S(=O)(=O)NC(CC(C)C)C(=O)NCc2ccnc(-n3ccnc3)c2)cc1. The van der Waals surface area contributed by atoms with Crippen LogP contribution >= 0.6 is 0 Å². The number of sulfonamides is 1. The predicted octanol–water partition coefficient (Wildman–Crippen LogP) is 2.59. The van der Waals surface area contributed by atoms with Crippen molar-refractivity contribution in [3.8, 4) is 5.82 Å². The molecule has 31 heavy (non-hydrogen) atoms. The van der Waals surface area contributed by atoms with Gasteiger partial charge in [-0.3, -0.25) is 9.36 Å². The van der Waals surface area contributed by atoms with E-state index in [0.717, 1.165) is 11.1 Å². The Bertz CT molecular complexity index is 1110. The molecule has 0 fully saturated rings. The highest BCUT2D eigenvalue weighted by atomic mass is 32.2. The van der Waals surface area contributed by atoms with Gasteiger partial charge in [0.05, 0.1) is 4.90 Å². The van der Waals surface area contributed by atoms with Gasteiger partial charge in [-0.15, -0.1) is 0 Å². The lowest BCUT2D eigenvalue weighted by Gasteiger charge is -2.20. The van der Waals surface area contributed by atoms with Gasteiger partial charge < -0.3 is 5.32 Å². The molecule has 1 unspecified atom stereocenters. The third kappa shape index (κ3) is 6.22. The number of nitrogens with zero attached hydrogens (tertiary/aromatic N) is 3. The molecular weight excluding hydrogens is 414 g/mol. The quantitative estimate of drug-likeness (QED) is 0.531. The highest BCUT2D eigenvalue weighted by Gasteiger charge is 2.26. The van der Waals surface area contributed by atoms with Gasteiger partial charge >= 0.3 is 0 Å². The minimum absolute atomic E-state index is 0.130. The number of pyridine rings is 1. The van der Waals surface area contributed by atoms with Gasteiger partial charge in [-0.25, -0.2) is 18.4 Å². The second-order valence-electron chi connectivity index (χ2n) is 7.83. The van der Waals surface area contributed by atoms with Gasteiger partial charge in [0.25, 0.3) is 0 Å². The molecule has 3 aromatic rings. The van der Waals surface area contributed by atoms with Gasteiger partial charge in [0.15, 0.2) is 0 Å². The summed E-state index contributed by atoms with van der Waals surface area (Å²) in [5.41, 5.74) is 1.81. The molecule has 9 heteroatoms. The van der Waals surface area contributed by atoms with Crippen molar-refractivity contribution in [2.45, 2.75) is 44.7 Å². The standard InChI is InChI=1S/C22H27N5O3S/c1-16(2)12-20(26-31(29,30)19-6-4-17(3)5-7-19)22(28)25-14-18-8-9-24-21(13-18)27-11-10-23-15-27/h4-11,13,15-16,20,26H,12,14H2,1-3H3,(H,25,28). The third-order valence-electron chi connectivity index (χ3n) is 4.70. The fraction of sp³-hybridized carbons (Fsp3) is 0.318. The number of benzene rings is 1. The molecule has 0 bridgehead atoms. The van der Waals surface area contributed by atoms with Crippen molar-refractivity contribution in [3.63, 3.8) is 0 Å². The van der Waals surface area contributed by atoms with Crippen LogP contribution in [0.4, 0.5) is 0 Å². The van der Waals surface area contributed by atoms with Crippen LogP contribution in [-0.2, 0) is 21.4 Å². The Kier molecular flexibility index (Phi) is 7.19. The molecular formula is C22H27N5O3S. The molecule has 2 aromatic heterocycles. The van der Waals surface area contributed by atoms with Crippen molar-refractivity contribution < 1.29 is 13.2 Å². The Balaban J connectivity index is 1.70. The number of nitrogens with one attached hydrogen (secondary N) is 2. The zero-order valence-electron chi connectivity index (χ0n) is 17.8. The van der Waals surface area contributed by atoms with Gasteiger partial charge in [0.2, 0.25) is 15.9 Å². The maximum Gasteiger partial charge on any atom is 0.241 e. The van der Waals surface area contributed by atoms with E-state index in [9.17, 15) is 13.2 Å². The smallest absolute Gasteiger partial charge is 0.241 e. The van der Waals surface area contributed by atoms with Crippen LogP contribution in [0.3, 0.4) is 0 Å². The summed E-state index contributed by atoms with van der Waals surface area (Å²) in [6.07, 6.45) is 7.12. The summed E-state index contributed by atoms with van der Waals surface area (Å²) in [7, 11) is -3.82. The van der Waals surface area contributed by atoms with E-state index in [-0.39, 0.29) is 23.3 Å². The average molecular weight is 442 g/mol. The number of amides is 1. The van der Waals surface area contributed by atoms with Crippen LogP contribution in [0.15, 0.2) is 66.2 Å². The second kappa shape index (κ2) is 9.84. The van der Waals surface area contributed by atoms with Crippen LogP contribution < -0.4 is 10.0 Å². The van der Waals surface area contributed by atoms with Crippen LogP contribution in [0.1, 0.15) is 31.4 Å². The predicted molar refractivity (Wildman–Crippen MR) is 118 cm³/mol. The first-order valence-corrected chi connectivity index (χ1v) is 11.5. The first-order chi connectivity index (χ1) is 14.7. The largest absolute Gasteiger partial charge is 0.351 e. The number of hydrogen-bond donors (Lipinski definition) is 2. The Hall–Kier alpha value is -3.04. The summed E-state index contributed by atoms with van der Waals surface area (Å²) >= 11 is 0. The number of imidazole rings is 1. The van der Waals surface area contributed by atoms with E-state index in [0.29, 0.717) is 12.2 Å². The number of rotatable bonds is 9. The van der Waals surface area contributed by atoms with Crippen LogP contribution in [0.5, 0.6) is 0 Å². The topological polar surface area (TPSA) is 106 Å². The minimum Gasteiger partial charge on any atom is -0.351 e. The maximum atomic E-state index is 12.9. The Labute approximate surface area is 182 Å². The average Bonchev–Trinajstić information content (AvgIpc) is 3.26. The molecule has 164 valence electrons. The number of carbonyl (C=O) groups is 1. The fourth-order valence-corrected chi connectivity index (χ4v) is 4.28. The van der Waals surface area contributed by atoms with E-state index in [4.69, 9.17) is 0 Å². The third-order valence-corrected chi connectivity index (χ3v) is 6.19. The molecule has 0 saturated heterocycles. The number of aromatic nitrogens is 3. The Morgan fingerprint density at radius 1 is 1.13 bits per heavy atom. The van der Waals surface area contributed by atoms with Gasteiger partial charge in [0.1, 0.15) is 18.2 Å². The molecule has 0 radical (unpaired) electrons. The van der Waals surface area contributed by atoms with Crippen molar-refractivity contribution in [2.24, 2.45) is 5.92 Å². The Morgan fingerprint density at radius 3 is 2.52 bits per heavy atom. The molecule has 0 aliphatic carbocycles. The lowest BCUT2D eigenvalue weighted by atomic mass is 10.0. The van der Waals surface area contributed by atoms with Gasteiger partial charge in [-0.1, -0.05) is 31.5 Å². The van der Waals surface area contributed by atoms with E-state index in [2.05, 4.69) is 20.0 Å². The number of carbonyl (C=O) groups excluding carboxylic acids is 1. The van der Waals surface area contributed by atoms with E-state index < -0.39 is 16.1 Å². The van der Waals surface area contributed by atoms with E-state index in [1.54, 1.807) is 47.7 Å². The van der Waals surface area contributed by atoms with Crippen molar-refractivity contribution >= 4 is 15.9 Å². The summed E-state index contributed by atoms with van der Waals surface area (Å²) in [5, 5.41) is 2.84. The van der Waals surface area contributed by atoms with Gasteiger partial charge in [-0.05, 0) is 49.1 Å². The summed E-state index contributed by atoms with van der Waals surface area (Å²) in [6.45, 7) is 6.03. The minimum atomic E-state index is -3.82. The van der Waals surface area contributed by atoms with E-state index in [1.165, 1.54) is 12.1 Å². The molecule has 0 aliphatic rings. The summed E-state index contributed by atoms with van der Waals surface area (Å²) in [4.78, 5) is 21.3. The van der Waals surface area contributed by atoms with Crippen molar-refractivity contribution in [3.05, 3.63) is 72.4 Å². The van der Waals surface area contributed by atoms with E-state index >= 15 is 0 Å². The highest BCUT2D eigenvalue weighted by Crippen LogP contribution is 2.14. The monoisotopic (exact) mass is 441 g/mol. The van der Waals surface area contributed by atoms with Crippen LogP contribution in [0.2, 0.25) is 0 Å². The van der Waals surface area contributed by atoms with Gasteiger partial charge in [-0.2, -0.15) is 4.72 Å². The Morgan fingerprint density at radius 2 is 1.87 bits per heavy atom. The lowest BCUT2D eigenvalue weighted by Crippen LogP contribution is -2.47. The first-order valence-electron chi connectivity index (χ1n) is 10.0. The maximum absolute atomic E-state index is 12.9. The highest BCUT2D eigenvalue weighted by molar-refractivity contribution is 7.89. The van der Waals surface area contributed by atoms with Gasteiger partial charge in [0, 0.05) is 25.1 Å². The fourth-order valence-electron chi connectivity index (χ4n) is 3.07. The molecule has 2 N–H and O–H groups in total. The summed E-state index contributed by atoms with van der Waals surface area (Å²) in [6, 6.07) is 9.31. The molecule has 1 aromatic carbocycles. The van der Waals surface area contributed by atoms with Crippen molar-refractivity contribution in [1.29, 1.82) is 0 Å². The lowest BCUT2D eigenvalue weighted by molar-refractivity contribution is -0.123. The second-order valence-corrected chi connectivity index (χ2v) is 9.54. The number of aryl methyl sites for hydroxylation is 1. The number of hydrogen-bond acceptors (Lipinski definition) is 5. The molecule has 0 saturated carbocycles. The van der Waals surface area contributed by atoms with Crippen molar-refractivity contribution in [1.82, 2.24) is 24.6 Å². The zero-order chi connectivity index (χ0) is 22.4. The normalized spacial score (nSPS) is 12.6. The first kappa shape index (κ1) is 22.6. The van der Waals surface area contributed by atoms with Crippen molar-refractivity contribution in [2.75, 3.05) is 0 Å². The molecule has 0 aliphatic heterocycles. The van der Waals surface area contributed by atoms with E-state index in [1.807, 2.05) is 26.8 Å². The van der Waals surface area contributed by atoms with Crippen LogP contribution in [0, 0.1) is 12.8 Å². The summed E-state index contributed by atoms with van der Waals surface area (Å²) < 4.78 is 29.9. The molecule has 2 heterocycles. The summed E-state index contributed by atoms with van der Waals surface area (Å²) in [5.74, 6) is 0.443. The van der Waals surface area contributed by atoms with Crippen LogP contribution in [0.25, 0.3) is 5.82 Å². The molecule has 1 atom stereocenters. The molecule has 3 rings (SSSR count).